The molecule has 1 amide bonds. The van der Waals surface area contributed by atoms with Gasteiger partial charge in [-0.15, -0.1) is 0 Å². The highest BCUT2D eigenvalue weighted by Gasteiger charge is 2.18. The molecule has 1 saturated heterocycles. The average molecular weight is 336 g/mol. The van der Waals surface area contributed by atoms with Crippen LogP contribution >= 0.6 is 0 Å². The second-order valence-corrected chi connectivity index (χ2v) is 5.80. The summed E-state index contributed by atoms with van der Waals surface area (Å²) in [6.07, 6.45) is 2.35. The van der Waals surface area contributed by atoms with Gasteiger partial charge in [-0.05, 0) is 30.7 Å². The van der Waals surface area contributed by atoms with Gasteiger partial charge in [-0.1, -0.05) is 19.4 Å². The molecule has 1 N–H and O–H groups in total. The predicted octanol–water partition coefficient (Wildman–Crippen LogP) is 1.82. The van der Waals surface area contributed by atoms with Crippen LogP contribution in [0.25, 0.3) is 0 Å². The summed E-state index contributed by atoms with van der Waals surface area (Å²) >= 11 is 0. The maximum Gasteiger partial charge on any atom is 0.260 e. The van der Waals surface area contributed by atoms with Crippen LogP contribution in [0.4, 0.5) is 0 Å². The van der Waals surface area contributed by atoms with Gasteiger partial charge in [0.05, 0.1) is 20.3 Å². The third kappa shape index (κ3) is 5.69. The molecular formula is C18H28N2O4. The molecular weight excluding hydrogens is 308 g/mol. The lowest BCUT2D eigenvalue weighted by Gasteiger charge is -2.26. The Morgan fingerprint density at radius 3 is 2.79 bits per heavy atom. The Balaban J connectivity index is 1.86. The van der Waals surface area contributed by atoms with E-state index in [1.54, 1.807) is 12.0 Å². The molecule has 0 aliphatic carbocycles. The molecule has 0 spiro atoms. The molecule has 0 radical (unpaired) electrons. The zero-order chi connectivity index (χ0) is 17.2. The van der Waals surface area contributed by atoms with Crippen LogP contribution in [0, 0.1) is 0 Å². The van der Waals surface area contributed by atoms with Crippen LogP contribution < -0.4 is 14.8 Å². The number of ether oxygens (including phenoxy) is 3. The molecule has 0 unspecified atom stereocenters. The van der Waals surface area contributed by atoms with Crippen LogP contribution in [0.2, 0.25) is 0 Å². The fraction of sp³-hybridized carbons (Fsp3) is 0.611. The SMILES string of the molecule is CCCCNCc1ccc(OCC(=O)N2CCOCC2)c(OC)c1. The van der Waals surface area contributed by atoms with Crippen molar-refractivity contribution in [1.82, 2.24) is 10.2 Å². The van der Waals surface area contributed by atoms with Crippen LogP contribution in [0.1, 0.15) is 25.3 Å². The van der Waals surface area contributed by atoms with Crippen molar-refractivity contribution in [3.8, 4) is 11.5 Å². The summed E-state index contributed by atoms with van der Waals surface area (Å²) in [5, 5.41) is 3.40. The van der Waals surface area contributed by atoms with E-state index in [9.17, 15) is 4.79 Å². The number of carbonyl (C=O) groups excluding carboxylic acids is 1. The fourth-order valence-electron chi connectivity index (χ4n) is 2.52. The average Bonchev–Trinajstić information content (AvgIpc) is 2.64. The summed E-state index contributed by atoms with van der Waals surface area (Å²) < 4.78 is 16.3. The van der Waals surface area contributed by atoms with E-state index in [4.69, 9.17) is 14.2 Å². The van der Waals surface area contributed by atoms with Crippen molar-refractivity contribution in [2.75, 3.05) is 46.6 Å². The lowest BCUT2D eigenvalue weighted by molar-refractivity contribution is -0.137. The summed E-state index contributed by atoms with van der Waals surface area (Å²) in [6.45, 7) is 6.43. The third-order valence-electron chi connectivity index (χ3n) is 3.98. The highest BCUT2D eigenvalue weighted by molar-refractivity contribution is 5.78. The number of morpholine rings is 1. The summed E-state index contributed by atoms with van der Waals surface area (Å²) in [5.74, 6) is 1.22. The second kappa shape index (κ2) is 10.2. The number of unbranched alkanes of at least 4 members (excludes halogenated alkanes) is 1. The number of nitrogens with one attached hydrogen (secondary N) is 1. The van der Waals surface area contributed by atoms with Crippen LogP contribution in [0.5, 0.6) is 11.5 Å². The van der Waals surface area contributed by atoms with Crippen molar-refractivity contribution < 1.29 is 19.0 Å². The summed E-state index contributed by atoms with van der Waals surface area (Å²) in [7, 11) is 1.61. The summed E-state index contributed by atoms with van der Waals surface area (Å²) in [4.78, 5) is 13.9. The molecule has 0 aromatic heterocycles. The minimum Gasteiger partial charge on any atom is -0.493 e. The number of nitrogens with zero attached hydrogens (tertiary/aromatic N) is 1. The van der Waals surface area contributed by atoms with E-state index in [2.05, 4.69) is 12.2 Å². The normalized spacial score (nSPS) is 14.5. The molecule has 6 heteroatoms. The number of amides is 1. The Hall–Kier alpha value is -1.79. The maximum atomic E-state index is 12.1. The van der Waals surface area contributed by atoms with E-state index in [-0.39, 0.29) is 12.5 Å². The van der Waals surface area contributed by atoms with E-state index in [1.165, 1.54) is 12.8 Å². The van der Waals surface area contributed by atoms with E-state index in [1.807, 2.05) is 18.2 Å². The first-order chi connectivity index (χ1) is 11.7. The smallest absolute Gasteiger partial charge is 0.260 e. The van der Waals surface area contributed by atoms with Crippen LogP contribution in [0.3, 0.4) is 0 Å². The Labute approximate surface area is 144 Å². The highest BCUT2D eigenvalue weighted by Crippen LogP contribution is 2.28. The molecule has 0 bridgehead atoms. The minimum atomic E-state index is -0.0225. The first-order valence-electron chi connectivity index (χ1n) is 8.60. The van der Waals surface area contributed by atoms with Gasteiger partial charge in [-0.2, -0.15) is 0 Å². The Kier molecular flexibility index (Phi) is 7.85. The van der Waals surface area contributed by atoms with E-state index in [0.717, 1.165) is 18.7 Å². The Bertz CT molecular complexity index is 516. The van der Waals surface area contributed by atoms with E-state index in [0.29, 0.717) is 37.8 Å². The van der Waals surface area contributed by atoms with Gasteiger partial charge in [-0.25, -0.2) is 0 Å². The van der Waals surface area contributed by atoms with Crippen molar-refractivity contribution in [1.29, 1.82) is 0 Å². The molecule has 1 aliphatic rings. The summed E-state index contributed by atoms with van der Waals surface area (Å²) in [5.41, 5.74) is 1.13. The number of benzene rings is 1. The zero-order valence-electron chi connectivity index (χ0n) is 14.7. The molecule has 1 aromatic carbocycles. The first-order valence-corrected chi connectivity index (χ1v) is 8.60. The van der Waals surface area contributed by atoms with Gasteiger partial charge >= 0.3 is 0 Å². The lowest BCUT2D eigenvalue weighted by Crippen LogP contribution is -2.43. The minimum absolute atomic E-state index is 0.0183. The summed E-state index contributed by atoms with van der Waals surface area (Å²) in [6, 6.07) is 5.81. The number of hydrogen-bond donors (Lipinski definition) is 1. The quantitative estimate of drug-likeness (QED) is 0.697. The molecule has 6 nitrogen and oxygen atoms in total. The third-order valence-corrected chi connectivity index (χ3v) is 3.98. The highest BCUT2D eigenvalue weighted by atomic mass is 16.5. The van der Waals surface area contributed by atoms with E-state index >= 15 is 0 Å². The van der Waals surface area contributed by atoms with Gasteiger partial charge in [0.2, 0.25) is 0 Å². The predicted molar refractivity (Wildman–Crippen MR) is 92.5 cm³/mol. The molecule has 1 fully saturated rings. The van der Waals surface area contributed by atoms with Gasteiger partial charge in [-0.3, -0.25) is 4.79 Å². The molecule has 2 rings (SSSR count). The van der Waals surface area contributed by atoms with Crippen LogP contribution in [0.15, 0.2) is 18.2 Å². The molecule has 24 heavy (non-hydrogen) atoms. The number of methoxy groups -OCH3 is 1. The zero-order valence-corrected chi connectivity index (χ0v) is 14.7. The number of carbonyl (C=O) groups is 1. The first kappa shape index (κ1) is 18.5. The maximum absolute atomic E-state index is 12.1. The molecule has 134 valence electrons. The topological polar surface area (TPSA) is 60.0 Å². The molecule has 1 aromatic rings. The fourth-order valence-corrected chi connectivity index (χ4v) is 2.52. The van der Waals surface area contributed by atoms with Crippen molar-refractivity contribution in [2.24, 2.45) is 0 Å². The van der Waals surface area contributed by atoms with Crippen molar-refractivity contribution >= 4 is 5.91 Å². The largest absolute Gasteiger partial charge is 0.493 e. The van der Waals surface area contributed by atoms with Crippen molar-refractivity contribution in [2.45, 2.75) is 26.3 Å². The molecule has 1 aliphatic heterocycles. The van der Waals surface area contributed by atoms with Crippen molar-refractivity contribution in [3.05, 3.63) is 23.8 Å². The number of rotatable bonds is 9. The van der Waals surface area contributed by atoms with Crippen LogP contribution in [-0.2, 0) is 16.1 Å². The van der Waals surface area contributed by atoms with Gasteiger partial charge in [0.25, 0.3) is 5.91 Å². The molecule has 1 heterocycles. The second-order valence-electron chi connectivity index (χ2n) is 5.80. The van der Waals surface area contributed by atoms with E-state index < -0.39 is 0 Å². The van der Waals surface area contributed by atoms with Gasteiger partial charge in [0.15, 0.2) is 18.1 Å². The van der Waals surface area contributed by atoms with Gasteiger partial charge in [0.1, 0.15) is 0 Å². The Morgan fingerprint density at radius 2 is 2.08 bits per heavy atom. The van der Waals surface area contributed by atoms with Crippen LogP contribution in [-0.4, -0.2) is 57.4 Å². The lowest BCUT2D eigenvalue weighted by atomic mass is 10.2. The standard InChI is InChI=1S/C18H28N2O4/c1-3-4-7-19-13-15-5-6-16(17(12-15)22-2)24-14-18(21)20-8-10-23-11-9-20/h5-6,12,19H,3-4,7-11,13-14H2,1-2H3. The monoisotopic (exact) mass is 336 g/mol. The van der Waals surface area contributed by atoms with Gasteiger partial charge in [0, 0.05) is 19.6 Å². The molecule has 0 atom stereocenters. The number of hydrogen-bond acceptors (Lipinski definition) is 5. The van der Waals surface area contributed by atoms with Gasteiger partial charge < -0.3 is 24.4 Å². The Morgan fingerprint density at radius 1 is 1.29 bits per heavy atom. The molecule has 0 saturated carbocycles. The van der Waals surface area contributed by atoms with Crippen molar-refractivity contribution in [3.63, 3.8) is 0 Å².